The number of carboxylic acids is 2. The standard InChI is InChI=1S/C15H13NO4/c17-14(18)11-5-3-4-10(8-11)9-16-13-7-2-1-6-12(13)15(19)20/h1-8,16H,9H2,(H,17,18)(H,19,20). The Labute approximate surface area is 115 Å². The van der Waals surface area contributed by atoms with E-state index >= 15 is 0 Å². The number of nitrogens with one attached hydrogen (secondary N) is 1. The van der Waals surface area contributed by atoms with E-state index in [1.54, 1.807) is 36.4 Å². The van der Waals surface area contributed by atoms with Crippen LogP contribution in [0.2, 0.25) is 0 Å². The number of hydrogen-bond acceptors (Lipinski definition) is 3. The van der Waals surface area contributed by atoms with Crippen molar-refractivity contribution >= 4 is 17.6 Å². The highest BCUT2D eigenvalue weighted by Crippen LogP contribution is 2.16. The number of hydrogen-bond donors (Lipinski definition) is 3. The summed E-state index contributed by atoms with van der Waals surface area (Å²) in [6.07, 6.45) is 0. The fourth-order valence-corrected chi connectivity index (χ4v) is 1.84. The van der Waals surface area contributed by atoms with Gasteiger partial charge in [0.1, 0.15) is 0 Å². The van der Waals surface area contributed by atoms with Crippen LogP contribution < -0.4 is 5.32 Å². The van der Waals surface area contributed by atoms with Crippen molar-refractivity contribution in [1.82, 2.24) is 0 Å². The summed E-state index contributed by atoms with van der Waals surface area (Å²) in [5, 5.41) is 21.0. The van der Waals surface area contributed by atoms with Gasteiger partial charge >= 0.3 is 11.9 Å². The average molecular weight is 271 g/mol. The van der Waals surface area contributed by atoms with Crippen molar-refractivity contribution in [2.24, 2.45) is 0 Å². The fraction of sp³-hybridized carbons (Fsp3) is 0.0667. The quantitative estimate of drug-likeness (QED) is 0.778. The molecule has 0 aromatic heterocycles. The minimum absolute atomic E-state index is 0.182. The molecule has 0 fully saturated rings. The molecule has 0 spiro atoms. The molecular weight excluding hydrogens is 258 g/mol. The Bertz CT molecular complexity index is 652. The van der Waals surface area contributed by atoms with Crippen LogP contribution in [0.3, 0.4) is 0 Å². The van der Waals surface area contributed by atoms with Crippen LogP contribution >= 0.6 is 0 Å². The highest BCUT2D eigenvalue weighted by Gasteiger charge is 2.09. The Morgan fingerprint density at radius 2 is 1.70 bits per heavy atom. The van der Waals surface area contributed by atoms with Crippen LogP contribution in [0, 0.1) is 0 Å². The van der Waals surface area contributed by atoms with E-state index in [4.69, 9.17) is 10.2 Å². The largest absolute Gasteiger partial charge is 0.478 e. The van der Waals surface area contributed by atoms with Gasteiger partial charge in [-0.2, -0.15) is 0 Å². The third-order valence-electron chi connectivity index (χ3n) is 2.81. The van der Waals surface area contributed by atoms with E-state index in [9.17, 15) is 9.59 Å². The number of para-hydroxylation sites is 1. The van der Waals surface area contributed by atoms with E-state index in [2.05, 4.69) is 5.32 Å². The molecule has 2 aromatic carbocycles. The van der Waals surface area contributed by atoms with Gasteiger partial charge in [0.2, 0.25) is 0 Å². The second-order valence-electron chi connectivity index (χ2n) is 4.21. The predicted octanol–water partition coefficient (Wildman–Crippen LogP) is 2.70. The summed E-state index contributed by atoms with van der Waals surface area (Å²) in [4.78, 5) is 21.9. The lowest BCUT2D eigenvalue weighted by molar-refractivity contribution is 0.0686. The van der Waals surface area contributed by atoms with Gasteiger partial charge < -0.3 is 15.5 Å². The summed E-state index contributed by atoms with van der Waals surface area (Å²) in [5.41, 5.74) is 1.66. The number of benzene rings is 2. The van der Waals surface area contributed by atoms with Crippen molar-refractivity contribution in [1.29, 1.82) is 0 Å². The van der Waals surface area contributed by atoms with Crippen LogP contribution in [0.25, 0.3) is 0 Å². The van der Waals surface area contributed by atoms with E-state index < -0.39 is 11.9 Å². The first-order valence-corrected chi connectivity index (χ1v) is 5.96. The van der Waals surface area contributed by atoms with E-state index in [0.29, 0.717) is 12.2 Å². The maximum atomic E-state index is 11.1. The van der Waals surface area contributed by atoms with Crippen molar-refractivity contribution in [3.63, 3.8) is 0 Å². The first-order chi connectivity index (χ1) is 9.58. The fourth-order valence-electron chi connectivity index (χ4n) is 1.84. The lowest BCUT2D eigenvalue weighted by Crippen LogP contribution is -2.07. The molecule has 0 saturated heterocycles. The summed E-state index contributed by atoms with van der Waals surface area (Å²) >= 11 is 0. The molecule has 0 atom stereocenters. The molecular formula is C15H13NO4. The first kappa shape index (κ1) is 13.6. The average Bonchev–Trinajstić information content (AvgIpc) is 2.45. The molecule has 2 rings (SSSR count). The zero-order valence-electron chi connectivity index (χ0n) is 10.5. The van der Waals surface area contributed by atoms with Gasteiger partial charge in [-0.3, -0.25) is 0 Å². The van der Waals surface area contributed by atoms with Crippen molar-refractivity contribution in [3.05, 3.63) is 65.2 Å². The molecule has 3 N–H and O–H groups in total. The molecule has 0 aliphatic heterocycles. The van der Waals surface area contributed by atoms with Crippen molar-refractivity contribution in [2.45, 2.75) is 6.54 Å². The van der Waals surface area contributed by atoms with Gasteiger partial charge in [-0.05, 0) is 29.8 Å². The van der Waals surface area contributed by atoms with Gasteiger partial charge in [0.05, 0.1) is 11.1 Å². The number of rotatable bonds is 5. The van der Waals surface area contributed by atoms with Gasteiger partial charge in [-0.25, -0.2) is 9.59 Å². The van der Waals surface area contributed by atoms with Crippen molar-refractivity contribution in [2.75, 3.05) is 5.32 Å². The van der Waals surface area contributed by atoms with Crippen LogP contribution in [0.1, 0.15) is 26.3 Å². The zero-order chi connectivity index (χ0) is 14.5. The Kier molecular flexibility index (Phi) is 4.00. The summed E-state index contributed by atoms with van der Waals surface area (Å²) in [6, 6.07) is 13.1. The maximum absolute atomic E-state index is 11.1. The number of anilines is 1. The molecule has 2 aromatic rings. The molecule has 0 aliphatic carbocycles. The van der Waals surface area contributed by atoms with Gasteiger partial charge in [0.15, 0.2) is 0 Å². The molecule has 5 nitrogen and oxygen atoms in total. The first-order valence-electron chi connectivity index (χ1n) is 5.96. The second kappa shape index (κ2) is 5.88. The number of aromatic carboxylic acids is 2. The summed E-state index contributed by atoms with van der Waals surface area (Å²) in [7, 11) is 0. The Morgan fingerprint density at radius 1 is 0.950 bits per heavy atom. The van der Waals surface area contributed by atoms with Crippen LogP contribution in [-0.2, 0) is 6.54 Å². The zero-order valence-corrected chi connectivity index (χ0v) is 10.5. The molecule has 102 valence electrons. The molecule has 0 radical (unpaired) electrons. The van der Waals surface area contributed by atoms with E-state index in [1.165, 1.54) is 12.1 Å². The highest BCUT2D eigenvalue weighted by molar-refractivity contribution is 5.94. The minimum atomic E-state index is -1.01. The third-order valence-corrected chi connectivity index (χ3v) is 2.81. The van der Waals surface area contributed by atoms with Crippen LogP contribution in [0.5, 0.6) is 0 Å². The molecule has 0 heterocycles. The van der Waals surface area contributed by atoms with Gasteiger partial charge in [-0.1, -0.05) is 24.3 Å². The smallest absolute Gasteiger partial charge is 0.337 e. The van der Waals surface area contributed by atoms with Crippen LogP contribution in [0.15, 0.2) is 48.5 Å². The molecule has 0 saturated carbocycles. The van der Waals surface area contributed by atoms with Crippen molar-refractivity contribution < 1.29 is 19.8 Å². The Morgan fingerprint density at radius 3 is 2.40 bits per heavy atom. The van der Waals surface area contributed by atoms with Gasteiger partial charge in [0, 0.05) is 12.2 Å². The molecule has 0 amide bonds. The topological polar surface area (TPSA) is 86.6 Å². The maximum Gasteiger partial charge on any atom is 0.337 e. The van der Waals surface area contributed by atoms with Crippen LogP contribution in [0.4, 0.5) is 5.69 Å². The SMILES string of the molecule is O=C(O)c1cccc(CNc2ccccc2C(=O)O)c1. The molecule has 5 heteroatoms. The molecule has 0 bridgehead atoms. The summed E-state index contributed by atoms with van der Waals surface area (Å²) in [6.45, 7) is 0.353. The lowest BCUT2D eigenvalue weighted by Gasteiger charge is -2.09. The number of carbonyl (C=O) groups is 2. The normalized spacial score (nSPS) is 10.0. The van der Waals surface area contributed by atoms with Crippen molar-refractivity contribution in [3.8, 4) is 0 Å². The molecule has 20 heavy (non-hydrogen) atoms. The van der Waals surface area contributed by atoms with E-state index in [0.717, 1.165) is 5.56 Å². The Hall–Kier alpha value is -2.82. The highest BCUT2D eigenvalue weighted by atomic mass is 16.4. The lowest BCUT2D eigenvalue weighted by atomic mass is 10.1. The van der Waals surface area contributed by atoms with E-state index in [1.807, 2.05) is 0 Å². The molecule has 0 unspecified atom stereocenters. The summed E-state index contributed by atoms with van der Waals surface area (Å²) < 4.78 is 0. The third kappa shape index (κ3) is 3.14. The van der Waals surface area contributed by atoms with E-state index in [-0.39, 0.29) is 11.1 Å². The minimum Gasteiger partial charge on any atom is -0.478 e. The number of carboxylic acid groups (broad SMARTS) is 2. The second-order valence-corrected chi connectivity index (χ2v) is 4.21. The van der Waals surface area contributed by atoms with Gasteiger partial charge in [-0.15, -0.1) is 0 Å². The molecule has 0 aliphatic rings. The van der Waals surface area contributed by atoms with Crippen LogP contribution in [-0.4, -0.2) is 22.2 Å². The summed E-state index contributed by atoms with van der Waals surface area (Å²) in [5.74, 6) is -2.00. The monoisotopic (exact) mass is 271 g/mol. The Balaban J connectivity index is 2.15. The predicted molar refractivity (Wildman–Crippen MR) is 74.1 cm³/mol. The van der Waals surface area contributed by atoms with Gasteiger partial charge in [0.25, 0.3) is 0 Å².